The van der Waals surface area contributed by atoms with E-state index in [-0.39, 0.29) is 11.4 Å². The highest BCUT2D eigenvalue weighted by atomic mass is 19.1. The molecule has 1 aliphatic rings. The summed E-state index contributed by atoms with van der Waals surface area (Å²) < 4.78 is 12.9. The Balaban J connectivity index is 2.04. The summed E-state index contributed by atoms with van der Waals surface area (Å²) in [6, 6.07) is 6.64. The summed E-state index contributed by atoms with van der Waals surface area (Å²) in [7, 11) is 0. The summed E-state index contributed by atoms with van der Waals surface area (Å²) in [4.78, 5) is 0. The Kier molecular flexibility index (Phi) is 3.82. The van der Waals surface area contributed by atoms with Crippen LogP contribution in [0.3, 0.4) is 0 Å². The highest BCUT2D eigenvalue weighted by Crippen LogP contribution is 2.33. The maximum absolute atomic E-state index is 12.9. The van der Waals surface area contributed by atoms with E-state index in [0.717, 1.165) is 17.9 Å². The SMILES string of the molecule is CC(N)(CC1CCCCC1)c1ccc(F)cc1. The Morgan fingerprint density at radius 1 is 1.18 bits per heavy atom. The van der Waals surface area contributed by atoms with Crippen molar-refractivity contribution in [3.05, 3.63) is 35.6 Å². The van der Waals surface area contributed by atoms with Crippen molar-refractivity contribution in [3.8, 4) is 0 Å². The molecule has 1 aromatic rings. The number of nitrogens with two attached hydrogens (primary N) is 1. The summed E-state index contributed by atoms with van der Waals surface area (Å²) in [6.07, 6.45) is 7.66. The normalized spacial score (nSPS) is 21.1. The third-order valence-electron chi connectivity index (χ3n) is 3.94. The fraction of sp³-hybridized carbons (Fsp3) is 0.600. The molecule has 2 rings (SSSR count). The van der Waals surface area contributed by atoms with Gasteiger partial charge >= 0.3 is 0 Å². The molecule has 0 aromatic heterocycles. The molecular weight excluding hydrogens is 213 g/mol. The first-order valence-corrected chi connectivity index (χ1v) is 6.63. The lowest BCUT2D eigenvalue weighted by atomic mass is 9.78. The highest BCUT2D eigenvalue weighted by Gasteiger charge is 2.26. The average Bonchev–Trinajstić information content (AvgIpc) is 2.30. The Labute approximate surface area is 103 Å². The van der Waals surface area contributed by atoms with Crippen LogP contribution in [0.25, 0.3) is 0 Å². The lowest BCUT2D eigenvalue weighted by Crippen LogP contribution is -2.35. The van der Waals surface area contributed by atoms with Crippen molar-refractivity contribution < 1.29 is 4.39 Å². The van der Waals surface area contributed by atoms with E-state index in [9.17, 15) is 4.39 Å². The molecule has 0 bridgehead atoms. The van der Waals surface area contributed by atoms with Crippen LogP contribution < -0.4 is 5.73 Å². The van der Waals surface area contributed by atoms with Crippen LogP contribution in [-0.2, 0) is 5.54 Å². The van der Waals surface area contributed by atoms with Gasteiger partial charge in [0.25, 0.3) is 0 Å². The van der Waals surface area contributed by atoms with E-state index in [1.165, 1.54) is 44.2 Å². The van der Waals surface area contributed by atoms with Crippen LogP contribution in [0.5, 0.6) is 0 Å². The number of halogens is 1. The first-order chi connectivity index (χ1) is 8.08. The van der Waals surface area contributed by atoms with Gasteiger partial charge < -0.3 is 5.73 Å². The maximum atomic E-state index is 12.9. The first kappa shape index (κ1) is 12.6. The molecule has 1 fully saturated rings. The summed E-state index contributed by atoms with van der Waals surface area (Å²) in [5.74, 6) is 0.547. The smallest absolute Gasteiger partial charge is 0.123 e. The topological polar surface area (TPSA) is 26.0 Å². The van der Waals surface area contributed by atoms with Gasteiger partial charge in [-0.1, -0.05) is 44.2 Å². The molecule has 0 saturated heterocycles. The molecule has 1 nitrogen and oxygen atoms in total. The number of rotatable bonds is 3. The zero-order valence-corrected chi connectivity index (χ0v) is 10.6. The summed E-state index contributed by atoms with van der Waals surface area (Å²) >= 11 is 0. The Bertz CT molecular complexity index is 350. The van der Waals surface area contributed by atoms with Crippen LogP contribution in [0.1, 0.15) is 51.0 Å². The molecule has 1 aliphatic carbocycles. The molecule has 0 aliphatic heterocycles. The van der Waals surface area contributed by atoms with Gasteiger partial charge in [-0.15, -0.1) is 0 Å². The molecule has 0 amide bonds. The fourth-order valence-corrected chi connectivity index (χ4v) is 2.94. The minimum absolute atomic E-state index is 0.192. The first-order valence-electron chi connectivity index (χ1n) is 6.63. The van der Waals surface area contributed by atoms with Gasteiger partial charge in [-0.2, -0.15) is 0 Å². The van der Waals surface area contributed by atoms with E-state index < -0.39 is 0 Å². The van der Waals surface area contributed by atoms with Crippen LogP contribution in [0.2, 0.25) is 0 Å². The van der Waals surface area contributed by atoms with E-state index in [0.29, 0.717) is 0 Å². The van der Waals surface area contributed by atoms with Gasteiger partial charge in [-0.25, -0.2) is 4.39 Å². The maximum Gasteiger partial charge on any atom is 0.123 e. The van der Waals surface area contributed by atoms with E-state index in [1.807, 2.05) is 12.1 Å². The van der Waals surface area contributed by atoms with Crippen molar-refractivity contribution in [2.75, 3.05) is 0 Å². The van der Waals surface area contributed by atoms with Crippen LogP contribution in [0, 0.1) is 11.7 Å². The fourth-order valence-electron chi connectivity index (χ4n) is 2.94. The van der Waals surface area contributed by atoms with Crippen molar-refractivity contribution in [2.24, 2.45) is 11.7 Å². The minimum Gasteiger partial charge on any atom is -0.322 e. The van der Waals surface area contributed by atoms with Gasteiger partial charge in [0.1, 0.15) is 5.82 Å². The van der Waals surface area contributed by atoms with Crippen molar-refractivity contribution in [2.45, 2.75) is 51.0 Å². The second-order valence-corrected chi connectivity index (χ2v) is 5.63. The van der Waals surface area contributed by atoms with Gasteiger partial charge in [-0.05, 0) is 37.0 Å². The number of hydrogen-bond acceptors (Lipinski definition) is 1. The molecule has 1 unspecified atom stereocenters. The second kappa shape index (κ2) is 5.18. The average molecular weight is 235 g/mol. The standard InChI is InChI=1S/C15H22FN/c1-15(17,11-12-5-3-2-4-6-12)13-7-9-14(16)10-8-13/h7-10,12H,2-6,11,17H2,1H3. The Morgan fingerprint density at radius 2 is 1.76 bits per heavy atom. The van der Waals surface area contributed by atoms with E-state index >= 15 is 0 Å². The van der Waals surface area contributed by atoms with Crippen molar-refractivity contribution in [1.82, 2.24) is 0 Å². The highest BCUT2D eigenvalue weighted by molar-refractivity contribution is 5.23. The molecular formula is C15H22FN. The van der Waals surface area contributed by atoms with Crippen molar-refractivity contribution >= 4 is 0 Å². The molecule has 0 heterocycles. The molecule has 1 aromatic carbocycles. The largest absolute Gasteiger partial charge is 0.322 e. The lowest BCUT2D eigenvalue weighted by Gasteiger charge is -2.32. The minimum atomic E-state index is -0.324. The monoisotopic (exact) mass is 235 g/mol. The van der Waals surface area contributed by atoms with Crippen LogP contribution >= 0.6 is 0 Å². The van der Waals surface area contributed by atoms with Crippen LogP contribution in [-0.4, -0.2) is 0 Å². The molecule has 2 N–H and O–H groups in total. The molecule has 0 radical (unpaired) electrons. The quantitative estimate of drug-likeness (QED) is 0.843. The molecule has 1 atom stereocenters. The molecule has 2 heteroatoms. The Hall–Kier alpha value is -0.890. The lowest BCUT2D eigenvalue weighted by molar-refractivity contribution is 0.272. The summed E-state index contributed by atoms with van der Waals surface area (Å²) in [6.45, 7) is 2.06. The van der Waals surface area contributed by atoms with Gasteiger partial charge in [0.2, 0.25) is 0 Å². The van der Waals surface area contributed by atoms with Crippen molar-refractivity contribution in [3.63, 3.8) is 0 Å². The van der Waals surface area contributed by atoms with Crippen LogP contribution in [0.4, 0.5) is 4.39 Å². The van der Waals surface area contributed by atoms with Crippen LogP contribution in [0.15, 0.2) is 24.3 Å². The Morgan fingerprint density at radius 3 is 2.35 bits per heavy atom. The molecule has 94 valence electrons. The van der Waals surface area contributed by atoms with Gasteiger partial charge in [0.15, 0.2) is 0 Å². The number of benzene rings is 1. The molecule has 1 saturated carbocycles. The van der Waals surface area contributed by atoms with E-state index in [4.69, 9.17) is 5.73 Å². The van der Waals surface area contributed by atoms with Gasteiger partial charge in [-0.3, -0.25) is 0 Å². The van der Waals surface area contributed by atoms with Gasteiger partial charge in [0.05, 0.1) is 0 Å². The summed E-state index contributed by atoms with van der Waals surface area (Å²) in [5.41, 5.74) is 7.12. The van der Waals surface area contributed by atoms with Crippen molar-refractivity contribution in [1.29, 1.82) is 0 Å². The number of hydrogen-bond donors (Lipinski definition) is 1. The third-order valence-corrected chi connectivity index (χ3v) is 3.94. The van der Waals surface area contributed by atoms with E-state index in [1.54, 1.807) is 0 Å². The third kappa shape index (κ3) is 3.29. The van der Waals surface area contributed by atoms with E-state index in [2.05, 4.69) is 6.92 Å². The zero-order chi connectivity index (χ0) is 12.3. The molecule has 17 heavy (non-hydrogen) atoms. The zero-order valence-electron chi connectivity index (χ0n) is 10.6. The molecule has 0 spiro atoms. The summed E-state index contributed by atoms with van der Waals surface area (Å²) in [5, 5.41) is 0. The second-order valence-electron chi connectivity index (χ2n) is 5.63. The predicted octanol–water partition coefficient (Wildman–Crippen LogP) is 3.97. The predicted molar refractivity (Wildman–Crippen MR) is 69.1 cm³/mol. The van der Waals surface area contributed by atoms with Gasteiger partial charge in [0, 0.05) is 5.54 Å².